The summed E-state index contributed by atoms with van der Waals surface area (Å²) in [6.45, 7) is 4.66. The molecule has 1 N–H and O–H groups in total. The van der Waals surface area contributed by atoms with Gasteiger partial charge < -0.3 is 14.8 Å². The van der Waals surface area contributed by atoms with Crippen molar-refractivity contribution in [2.24, 2.45) is 10.9 Å². The van der Waals surface area contributed by atoms with E-state index in [1.54, 1.807) is 13.1 Å². The van der Waals surface area contributed by atoms with Crippen LogP contribution >= 0.6 is 15.9 Å². The molecule has 0 saturated carbocycles. The fraction of sp³-hybridized carbons (Fsp3) is 0.444. The number of aromatic nitrogens is 2. The first kappa shape index (κ1) is 17.9. The van der Waals surface area contributed by atoms with Crippen LogP contribution in [-0.2, 0) is 6.54 Å². The molecule has 0 radical (unpaired) electrons. The second kappa shape index (κ2) is 7.99. The van der Waals surface area contributed by atoms with Crippen LogP contribution < -0.4 is 5.32 Å². The number of guanidine groups is 1. The predicted octanol–water partition coefficient (Wildman–Crippen LogP) is 3.44. The van der Waals surface area contributed by atoms with Gasteiger partial charge in [-0.25, -0.2) is 9.37 Å². The number of nitrogens with zero attached hydrogens (tertiary/aromatic N) is 4. The van der Waals surface area contributed by atoms with Crippen molar-refractivity contribution in [2.75, 3.05) is 20.1 Å². The molecule has 0 bridgehead atoms. The molecule has 2 aromatic rings. The summed E-state index contributed by atoms with van der Waals surface area (Å²) >= 11 is 3.18. The molecule has 7 heteroatoms. The Bertz CT molecular complexity index is 731. The van der Waals surface area contributed by atoms with Crippen LogP contribution in [-0.4, -0.2) is 40.5 Å². The van der Waals surface area contributed by atoms with Gasteiger partial charge in [0.15, 0.2) is 5.96 Å². The Balaban J connectivity index is 1.65. The summed E-state index contributed by atoms with van der Waals surface area (Å²) < 4.78 is 16.3. The van der Waals surface area contributed by atoms with Crippen molar-refractivity contribution in [3.63, 3.8) is 0 Å². The van der Waals surface area contributed by atoms with Crippen LogP contribution in [0.15, 0.2) is 46.4 Å². The summed E-state index contributed by atoms with van der Waals surface area (Å²) in [4.78, 5) is 10.8. The number of hydrogen-bond donors (Lipinski definition) is 1. The lowest BCUT2D eigenvalue weighted by Gasteiger charge is -2.39. The molecule has 1 fully saturated rings. The first-order valence-electron chi connectivity index (χ1n) is 8.45. The van der Waals surface area contributed by atoms with Gasteiger partial charge in [0.05, 0.1) is 16.8 Å². The maximum absolute atomic E-state index is 13.7. The lowest BCUT2D eigenvalue weighted by atomic mass is 9.93. The maximum atomic E-state index is 13.7. The van der Waals surface area contributed by atoms with Crippen molar-refractivity contribution < 1.29 is 4.39 Å². The molecule has 1 aliphatic rings. The van der Waals surface area contributed by atoms with Crippen LogP contribution in [0.3, 0.4) is 0 Å². The summed E-state index contributed by atoms with van der Waals surface area (Å²) in [6, 6.07) is 5.55. The number of halogens is 2. The second-order valence-electron chi connectivity index (χ2n) is 6.44. The van der Waals surface area contributed by atoms with Crippen molar-refractivity contribution in [3.05, 3.63) is 52.8 Å². The smallest absolute Gasteiger partial charge is 0.193 e. The maximum Gasteiger partial charge on any atom is 0.193 e. The van der Waals surface area contributed by atoms with Crippen molar-refractivity contribution in [2.45, 2.75) is 25.9 Å². The Morgan fingerprint density at radius 3 is 3.00 bits per heavy atom. The molecular weight excluding hydrogens is 385 g/mol. The summed E-state index contributed by atoms with van der Waals surface area (Å²) in [5.41, 5.74) is 0.887. The molecule has 1 aliphatic heterocycles. The van der Waals surface area contributed by atoms with E-state index in [0.717, 1.165) is 31.0 Å². The summed E-state index contributed by atoms with van der Waals surface area (Å²) in [5, 5.41) is 3.35. The van der Waals surface area contributed by atoms with Crippen molar-refractivity contribution in [1.82, 2.24) is 19.8 Å². The third-order valence-electron chi connectivity index (χ3n) is 4.77. The molecular formula is C18H23BrFN5. The Labute approximate surface area is 156 Å². The quantitative estimate of drug-likeness (QED) is 0.625. The van der Waals surface area contributed by atoms with Gasteiger partial charge in [-0.05, 0) is 46.0 Å². The summed E-state index contributed by atoms with van der Waals surface area (Å²) in [5.74, 6) is 1.19. The molecule has 0 spiro atoms. The average Bonchev–Trinajstić information content (AvgIpc) is 3.14. The van der Waals surface area contributed by atoms with E-state index in [0.29, 0.717) is 23.0 Å². The summed E-state index contributed by atoms with van der Waals surface area (Å²) in [6.07, 6.45) is 6.81. The third kappa shape index (κ3) is 4.21. The van der Waals surface area contributed by atoms with Crippen LogP contribution in [0.4, 0.5) is 4.39 Å². The van der Waals surface area contributed by atoms with Crippen LogP contribution in [0.5, 0.6) is 0 Å². The molecule has 2 unspecified atom stereocenters. The predicted molar refractivity (Wildman–Crippen MR) is 101 cm³/mol. The number of nitrogens with one attached hydrogen (secondary N) is 1. The van der Waals surface area contributed by atoms with Gasteiger partial charge in [-0.3, -0.25) is 4.99 Å². The first-order valence-corrected chi connectivity index (χ1v) is 9.24. The molecule has 5 nitrogen and oxygen atoms in total. The lowest BCUT2D eigenvalue weighted by Crippen LogP contribution is -2.48. The van der Waals surface area contributed by atoms with Gasteiger partial charge in [0.25, 0.3) is 0 Å². The van der Waals surface area contributed by atoms with Crippen molar-refractivity contribution in [3.8, 4) is 0 Å². The van der Waals surface area contributed by atoms with E-state index < -0.39 is 0 Å². The number of rotatable bonds is 3. The number of piperidine rings is 1. The van der Waals surface area contributed by atoms with Gasteiger partial charge in [0.2, 0.25) is 0 Å². The molecule has 2 atom stereocenters. The Kier molecular flexibility index (Phi) is 5.73. The third-order valence-corrected chi connectivity index (χ3v) is 5.42. The van der Waals surface area contributed by atoms with Crippen molar-refractivity contribution >= 4 is 21.9 Å². The molecule has 25 heavy (non-hydrogen) atoms. The second-order valence-corrected chi connectivity index (χ2v) is 7.29. The topological polar surface area (TPSA) is 45.5 Å². The van der Waals surface area contributed by atoms with E-state index in [1.807, 2.05) is 24.8 Å². The summed E-state index contributed by atoms with van der Waals surface area (Å²) in [7, 11) is 1.79. The highest BCUT2D eigenvalue weighted by Gasteiger charge is 2.28. The SMILES string of the molecule is CN=C(NCc1ccc(Br)c(F)c1)N1CCC(C)C(n2ccnc2)C1. The molecule has 134 valence electrons. The first-order chi connectivity index (χ1) is 12.1. The van der Waals surface area contributed by atoms with E-state index >= 15 is 0 Å². The van der Waals surface area contributed by atoms with Gasteiger partial charge in [-0.1, -0.05) is 13.0 Å². The Morgan fingerprint density at radius 2 is 2.32 bits per heavy atom. The zero-order valence-electron chi connectivity index (χ0n) is 14.5. The molecule has 3 rings (SSSR count). The highest BCUT2D eigenvalue weighted by Crippen LogP contribution is 2.27. The number of likely N-dealkylation sites (tertiary alicyclic amines) is 1. The Hall–Kier alpha value is -1.89. The molecule has 0 aliphatic carbocycles. The number of benzene rings is 1. The highest BCUT2D eigenvalue weighted by molar-refractivity contribution is 9.10. The van der Waals surface area contributed by atoms with E-state index in [9.17, 15) is 4.39 Å². The van der Waals surface area contributed by atoms with Crippen molar-refractivity contribution in [1.29, 1.82) is 0 Å². The van der Waals surface area contributed by atoms with Crippen LogP contribution in [0.25, 0.3) is 0 Å². The fourth-order valence-corrected chi connectivity index (χ4v) is 3.50. The zero-order chi connectivity index (χ0) is 17.8. The fourth-order valence-electron chi connectivity index (χ4n) is 3.26. The monoisotopic (exact) mass is 407 g/mol. The number of hydrogen-bond acceptors (Lipinski definition) is 2. The minimum Gasteiger partial charge on any atom is -0.352 e. The van der Waals surface area contributed by atoms with Gasteiger partial charge in [-0.15, -0.1) is 0 Å². The normalized spacial score (nSPS) is 21.4. The average molecular weight is 408 g/mol. The van der Waals surface area contributed by atoms with E-state index in [1.165, 1.54) is 6.07 Å². The lowest BCUT2D eigenvalue weighted by molar-refractivity contribution is 0.189. The van der Waals surface area contributed by atoms with Gasteiger partial charge in [0, 0.05) is 39.1 Å². The van der Waals surface area contributed by atoms with Gasteiger partial charge >= 0.3 is 0 Å². The van der Waals surface area contributed by atoms with Gasteiger partial charge in [-0.2, -0.15) is 0 Å². The highest BCUT2D eigenvalue weighted by atomic mass is 79.9. The van der Waals surface area contributed by atoms with E-state index in [2.05, 4.69) is 47.6 Å². The molecule has 1 saturated heterocycles. The van der Waals surface area contributed by atoms with E-state index in [4.69, 9.17) is 0 Å². The number of aliphatic imine (C=N–C) groups is 1. The van der Waals surface area contributed by atoms with Crippen LogP contribution in [0, 0.1) is 11.7 Å². The zero-order valence-corrected chi connectivity index (χ0v) is 16.1. The minimum atomic E-state index is -0.249. The molecule has 1 aromatic carbocycles. The number of imidazole rings is 1. The standard InChI is InChI=1S/C18H23BrFN5/c1-13-5-7-24(11-17(13)25-8-6-22-12-25)18(21-2)23-10-14-3-4-15(19)16(20)9-14/h3-4,6,8-9,12-13,17H,5,7,10-11H2,1-2H3,(H,21,23). The Morgan fingerprint density at radius 1 is 1.48 bits per heavy atom. The minimum absolute atomic E-state index is 0.249. The van der Waals surface area contributed by atoms with Crippen LogP contribution in [0.2, 0.25) is 0 Å². The van der Waals surface area contributed by atoms with Gasteiger partial charge in [0.1, 0.15) is 5.82 Å². The largest absolute Gasteiger partial charge is 0.352 e. The molecule has 0 amide bonds. The van der Waals surface area contributed by atoms with Crippen LogP contribution in [0.1, 0.15) is 24.9 Å². The molecule has 2 heterocycles. The molecule has 1 aromatic heterocycles. The van der Waals surface area contributed by atoms with E-state index in [-0.39, 0.29) is 5.82 Å².